The summed E-state index contributed by atoms with van der Waals surface area (Å²) >= 11 is 5.97. The zero-order chi connectivity index (χ0) is 17.7. The number of halogens is 1. The van der Waals surface area contributed by atoms with Gasteiger partial charge in [-0.3, -0.25) is 14.9 Å². The highest BCUT2D eigenvalue weighted by atomic mass is 35.5. The van der Waals surface area contributed by atoms with Crippen LogP contribution in [-0.4, -0.2) is 17.4 Å². The van der Waals surface area contributed by atoms with Gasteiger partial charge in [0.1, 0.15) is 6.04 Å². The molecule has 126 valence electrons. The number of nitrogens with zero attached hydrogens (tertiary/aromatic N) is 1. The Hall–Kier alpha value is -2.44. The second-order valence-corrected chi connectivity index (χ2v) is 6.02. The molecule has 2 aromatic rings. The van der Waals surface area contributed by atoms with E-state index in [1.807, 2.05) is 36.5 Å². The maximum Gasteiger partial charge on any atom is 0.279 e. The van der Waals surface area contributed by atoms with E-state index < -0.39 is 4.92 Å². The molecule has 0 aliphatic carbocycles. The van der Waals surface area contributed by atoms with Gasteiger partial charge in [-0.1, -0.05) is 23.7 Å². The van der Waals surface area contributed by atoms with E-state index >= 15 is 0 Å². The molecule has 0 unspecified atom stereocenters. The Bertz CT molecular complexity index is 764. The predicted octanol–water partition coefficient (Wildman–Crippen LogP) is 2.82. The Morgan fingerprint density at radius 3 is 2.71 bits per heavy atom. The molecule has 24 heavy (non-hydrogen) atoms. The van der Waals surface area contributed by atoms with Gasteiger partial charge >= 0.3 is 0 Å². The number of anilines is 1. The van der Waals surface area contributed by atoms with Crippen molar-refractivity contribution in [3.8, 4) is 0 Å². The number of benzene rings is 2. The van der Waals surface area contributed by atoms with Crippen LogP contribution in [0.2, 0.25) is 5.02 Å². The minimum Gasteiger partial charge on any atom is -0.333 e. The lowest BCUT2D eigenvalue weighted by molar-refractivity contribution is -0.682. The third-order valence-corrected chi connectivity index (χ3v) is 3.96. The fourth-order valence-electron chi connectivity index (χ4n) is 2.31. The highest BCUT2D eigenvalue weighted by molar-refractivity contribution is 6.30. The number of nitrogens with one attached hydrogen (secondary N) is 1. The lowest BCUT2D eigenvalue weighted by Gasteiger charge is -2.12. The fourth-order valence-corrected chi connectivity index (χ4v) is 2.51. The topological polar surface area (TPSA) is 88.9 Å². The molecule has 0 aromatic heterocycles. The highest BCUT2D eigenvalue weighted by Gasteiger charge is 2.14. The molecule has 0 spiro atoms. The number of hydrogen-bond acceptors (Lipinski definition) is 3. The second-order valence-electron chi connectivity index (χ2n) is 5.59. The molecular formula is C17H19ClN3O3+. The van der Waals surface area contributed by atoms with Crippen molar-refractivity contribution in [3.63, 3.8) is 0 Å². The third-order valence-electron chi connectivity index (χ3n) is 3.73. The maximum atomic E-state index is 12.1. The standard InChI is InChI=1S/C17H18ClN3O3/c1-11-8-15(21(23)24)6-7-16(11)20-17(22)10-19-12(2)13-4-3-5-14(18)9-13/h3-9,12,19H,10H2,1-2H3,(H,20,22)/p+1/t12-/m0/s1. The van der Waals surface area contributed by atoms with Crippen molar-refractivity contribution in [1.29, 1.82) is 0 Å². The van der Waals surface area contributed by atoms with E-state index in [0.29, 0.717) is 16.3 Å². The molecule has 6 nitrogen and oxygen atoms in total. The van der Waals surface area contributed by atoms with Crippen molar-refractivity contribution in [2.45, 2.75) is 19.9 Å². The maximum absolute atomic E-state index is 12.1. The number of amides is 1. The Kier molecular flexibility index (Phi) is 5.89. The molecule has 2 rings (SSSR count). The lowest BCUT2D eigenvalue weighted by atomic mass is 10.1. The largest absolute Gasteiger partial charge is 0.333 e. The summed E-state index contributed by atoms with van der Waals surface area (Å²) in [4.78, 5) is 22.4. The number of carbonyl (C=O) groups is 1. The molecule has 0 saturated carbocycles. The van der Waals surface area contributed by atoms with Crippen LogP contribution in [-0.2, 0) is 4.79 Å². The Morgan fingerprint density at radius 1 is 1.33 bits per heavy atom. The molecule has 0 saturated heterocycles. The summed E-state index contributed by atoms with van der Waals surface area (Å²) in [7, 11) is 0. The molecule has 0 radical (unpaired) electrons. The monoisotopic (exact) mass is 348 g/mol. The van der Waals surface area contributed by atoms with Crippen LogP contribution in [0, 0.1) is 17.0 Å². The van der Waals surface area contributed by atoms with Crippen molar-refractivity contribution in [3.05, 3.63) is 68.7 Å². The molecule has 0 aliphatic rings. The van der Waals surface area contributed by atoms with E-state index in [2.05, 4.69) is 5.32 Å². The highest BCUT2D eigenvalue weighted by Crippen LogP contribution is 2.21. The van der Waals surface area contributed by atoms with Gasteiger partial charge in [-0.05, 0) is 37.6 Å². The normalized spacial score (nSPS) is 11.8. The van der Waals surface area contributed by atoms with E-state index in [1.165, 1.54) is 12.1 Å². The van der Waals surface area contributed by atoms with Gasteiger partial charge in [-0.15, -0.1) is 0 Å². The molecule has 0 aliphatic heterocycles. The number of carbonyl (C=O) groups excluding carboxylic acids is 1. The average Bonchev–Trinajstić information content (AvgIpc) is 2.54. The zero-order valence-electron chi connectivity index (χ0n) is 13.5. The summed E-state index contributed by atoms with van der Waals surface area (Å²) < 4.78 is 0. The fraction of sp³-hybridized carbons (Fsp3) is 0.235. The van der Waals surface area contributed by atoms with Crippen LogP contribution in [0.3, 0.4) is 0 Å². The number of nitro benzene ring substituents is 1. The number of non-ortho nitro benzene ring substituents is 1. The van der Waals surface area contributed by atoms with Crippen LogP contribution in [0.25, 0.3) is 0 Å². The molecule has 0 bridgehead atoms. The van der Waals surface area contributed by atoms with E-state index in [9.17, 15) is 14.9 Å². The zero-order valence-corrected chi connectivity index (χ0v) is 14.2. The summed E-state index contributed by atoms with van der Waals surface area (Å²) in [5.41, 5.74) is 2.28. The van der Waals surface area contributed by atoms with Crippen molar-refractivity contribution in [1.82, 2.24) is 0 Å². The quantitative estimate of drug-likeness (QED) is 0.621. The van der Waals surface area contributed by atoms with Crippen LogP contribution in [0.15, 0.2) is 42.5 Å². The predicted molar refractivity (Wildman–Crippen MR) is 93.1 cm³/mol. The Morgan fingerprint density at radius 2 is 2.08 bits per heavy atom. The smallest absolute Gasteiger partial charge is 0.279 e. The average molecular weight is 349 g/mol. The molecule has 1 atom stereocenters. The first-order chi connectivity index (χ1) is 11.4. The molecule has 0 fully saturated rings. The van der Waals surface area contributed by atoms with Crippen LogP contribution in [0.5, 0.6) is 0 Å². The van der Waals surface area contributed by atoms with Crippen molar-refractivity contribution < 1.29 is 15.0 Å². The summed E-state index contributed by atoms with van der Waals surface area (Å²) in [6, 6.07) is 12.0. The Labute approximate surface area is 145 Å². The summed E-state index contributed by atoms with van der Waals surface area (Å²) in [5, 5.41) is 16.1. The SMILES string of the molecule is Cc1cc([N+](=O)[O-])ccc1NC(=O)C[NH2+][C@@H](C)c1cccc(Cl)c1. The molecule has 3 N–H and O–H groups in total. The van der Waals surface area contributed by atoms with Crippen molar-refractivity contribution in [2.75, 3.05) is 11.9 Å². The first-order valence-corrected chi connectivity index (χ1v) is 7.88. The van der Waals surface area contributed by atoms with E-state index in [0.717, 1.165) is 5.56 Å². The van der Waals surface area contributed by atoms with Gasteiger partial charge in [0.05, 0.1) is 4.92 Å². The van der Waals surface area contributed by atoms with Gasteiger partial charge in [0.25, 0.3) is 11.6 Å². The summed E-state index contributed by atoms with van der Waals surface area (Å²) in [6.07, 6.45) is 0. The number of rotatable bonds is 6. The summed E-state index contributed by atoms with van der Waals surface area (Å²) in [5.74, 6) is -0.166. The van der Waals surface area contributed by atoms with Crippen molar-refractivity contribution >= 4 is 28.9 Å². The van der Waals surface area contributed by atoms with E-state index in [4.69, 9.17) is 11.6 Å². The van der Waals surface area contributed by atoms with Gasteiger partial charge in [0.2, 0.25) is 0 Å². The minimum absolute atomic E-state index is 0.00615. The second kappa shape index (κ2) is 7.90. The summed E-state index contributed by atoms with van der Waals surface area (Å²) in [6.45, 7) is 3.96. The lowest BCUT2D eigenvalue weighted by Crippen LogP contribution is -2.86. The Balaban J connectivity index is 1.93. The molecule has 0 heterocycles. The molecule has 2 aromatic carbocycles. The number of nitro groups is 1. The van der Waals surface area contributed by atoms with E-state index in [-0.39, 0.29) is 24.2 Å². The van der Waals surface area contributed by atoms with E-state index in [1.54, 1.807) is 13.0 Å². The molecule has 1 amide bonds. The van der Waals surface area contributed by atoms with Gasteiger partial charge in [-0.2, -0.15) is 0 Å². The number of hydrogen-bond donors (Lipinski definition) is 2. The molecule has 7 heteroatoms. The van der Waals surface area contributed by atoms with Gasteiger partial charge in [0, 0.05) is 28.4 Å². The molecular weight excluding hydrogens is 330 g/mol. The van der Waals surface area contributed by atoms with Crippen LogP contribution >= 0.6 is 11.6 Å². The number of quaternary nitrogens is 1. The first kappa shape index (κ1) is 17.9. The van der Waals surface area contributed by atoms with Crippen LogP contribution in [0.4, 0.5) is 11.4 Å². The van der Waals surface area contributed by atoms with Gasteiger partial charge in [0.15, 0.2) is 6.54 Å². The van der Waals surface area contributed by atoms with Crippen LogP contribution < -0.4 is 10.6 Å². The number of aryl methyl sites for hydroxylation is 1. The minimum atomic E-state index is -0.459. The van der Waals surface area contributed by atoms with Gasteiger partial charge in [-0.25, -0.2) is 0 Å². The van der Waals surface area contributed by atoms with Crippen molar-refractivity contribution in [2.24, 2.45) is 0 Å². The first-order valence-electron chi connectivity index (χ1n) is 7.50. The van der Waals surface area contributed by atoms with Crippen LogP contribution in [0.1, 0.15) is 24.1 Å². The number of nitrogens with two attached hydrogens (primary N) is 1. The van der Waals surface area contributed by atoms with Gasteiger partial charge < -0.3 is 10.6 Å². The third kappa shape index (κ3) is 4.78.